The first-order valence-electron chi connectivity index (χ1n) is 30.5. The lowest BCUT2D eigenvalue weighted by atomic mass is 9.33. The normalized spacial score (nSPS) is 54.6. The topological polar surface area (TPSA) is 393 Å². The van der Waals surface area contributed by atoms with E-state index in [1.165, 1.54) is 19.4 Å². The molecular weight excluding hydrogens is 1110 g/mol. The minimum absolute atomic E-state index is 0.102. The molecule has 0 radical (unpaired) electrons. The standard InChI is InChI=1S/C59H96O25/c1-24-34(62)39(67)44(72)49(77-24)82-46-41(69)37(65)29(21-60)79-51(46)81-33-13-14-56(7)31(55(33,5)6)12-15-58(9)32(56)11-10-26-27-20-54(3,4)16-18-59(27,19-17-57(26,58)8)53(74)84-52-47(83-50-45(73)40(68)35(63)25(2)78-50)42(70)38(66)30(80-52)23-76-48-43(71)36(64)28(61)22-75-48/h10,24-25,27-52,60-73H,11-23H2,1-9H3/t24-,25-,27-,28+,29+,30+,31-,32+,33-,34-,35-,36-,37+,38+,39+,40+,41-,42-,43+,44+,45+,46+,47+,48-,49-,50-,51-,52-,56-,57+,58+,59-/m0/s1. The second-order valence-corrected chi connectivity index (χ2v) is 28.6. The van der Waals surface area contributed by atoms with Gasteiger partial charge in [0.05, 0.1) is 43.5 Å². The summed E-state index contributed by atoms with van der Waals surface area (Å²) in [5, 5.41) is 151. The van der Waals surface area contributed by atoms with Gasteiger partial charge in [-0.05, 0) is 123 Å². The summed E-state index contributed by atoms with van der Waals surface area (Å²) >= 11 is 0. The van der Waals surface area contributed by atoms with Gasteiger partial charge in [-0.15, -0.1) is 0 Å². The number of carbonyl (C=O) groups is 1. The van der Waals surface area contributed by atoms with E-state index in [0.29, 0.717) is 38.5 Å². The van der Waals surface area contributed by atoms with E-state index in [2.05, 4.69) is 54.5 Å². The van der Waals surface area contributed by atoms with Crippen LogP contribution in [0.25, 0.3) is 0 Å². The maximum Gasteiger partial charge on any atom is 0.315 e. The Balaban J connectivity index is 0.904. The van der Waals surface area contributed by atoms with Crippen LogP contribution in [0, 0.1) is 50.2 Å². The van der Waals surface area contributed by atoms with Crippen LogP contribution in [0.4, 0.5) is 0 Å². The average molecular weight is 1210 g/mol. The zero-order valence-corrected chi connectivity index (χ0v) is 49.7. The molecule has 0 aromatic carbocycles. The van der Waals surface area contributed by atoms with Gasteiger partial charge in [0.2, 0.25) is 6.29 Å². The quantitative estimate of drug-likeness (QED) is 0.0600. The summed E-state index contributed by atoms with van der Waals surface area (Å²) in [6.07, 6.45) is -28.8. The van der Waals surface area contributed by atoms with Gasteiger partial charge in [0.1, 0.15) is 97.7 Å². The van der Waals surface area contributed by atoms with Gasteiger partial charge in [-0.3, -0.25) is 4.79 Å². The highest BCUT2D eigenvalue weighted by Crippen LogP contribution is 2.76. The first kappa shape index (κ1) is 65.2. The van der Waals surface area contributed by atoms with Crippen molar-refractivity contribution in [3.05, 3.63) is 11.6 Å². The highest BCUT2D eigenvalue weighted by atomic mass is 16.8. The summed E-state index contributed by atoms with van der Waals surface area (Å²) in [6.45, 7) is 17.2. The number of allylic oxidation sites excluding steroid dienone is 2. The molecule has 0 bridgehead atoms. The minimum atomic E-state index is -1.90. The first-order chi connectivity index (χ1) is 39.3. The highest BCUT2D eigenvalue weighted by Gasteiger charge is 2.70. The van der Waals surface area contributed by atoms with E-state index in [1.807, 2.05) is 0 Å². The number of fused-ring (bicyclic) bond motifs is 7. The average Bonchev–Trinajstić information content (AvgIpc) is 0.727. The van der Waals surface area contributed by atoms with E-state index >= 15 is 4.79 Å². The Labute approximate surface area is 490 Å². The molecule has 25 nitrogen and oxygen atoms in total. The Kier molecular flexibility index (Phi) is 18.5. The lowest BCUT2D eigenvalue weighted by Gasteiger charge is -2.71. The van der Waals surface area contributed by atoms with E-state index in [1.54, 1.807) is 0 Å². The molecule has 84 heavy (non-hydrogen) atoms. The van der Waals surface area contributed by atoms with Gasteiger partial charge in [-0.25, -0.2) is 0 Å². The van der Waals surface area contributed by atoms with Crippen LogP contribution in [0.3, 0.4) is 0 Å². The Morgan fingerprint density at radius 3 is 1.73 bits per heavy atom. The number of hydrogen-bond acceptors (Lipinski definition) is 25. The van der Waals surface area contributed by atoms with Gasteiger partial charge < -0.3 is 119 Å². The van der Waals surface area contributed by atoms with Crippen LogP contribution in [0.1, 0.15) is 127 Å². The third kappa shape index (κ3) is 10.9. The fraction of sp³-hybridized carbons (Fsp3) is 0.949. The monoisotopic (exact) mass is 1200 g/mol. The molecule has 482 valence electrons. The van der Waals surface area contributed by atoms with Crippen molar-refractivity contribution in [1.29, 1.82) is 0 Å². The number of aliphatic hydroxyl groups excluding tert-OH is 14. The molecule has 10 aliphatic rings. The molecule has 0 aromatic heterocycles. The lowest BCUT2D eigenvalue weighted by Crippen LogP contribution is -2.67. The summed E-state index contributed by atoms with van der Waals surface area (Å²) in [6, 6.07) is 0. The Morgan fingerprint density at radius 2 is 1.12 bits per heavy atom. The Hall–Kier alpha value is -1.71. The van der Waals surface area contributed by atoms with Crippen LogP contribution < -0.4 is 0 Å². The molecule has 14 N–H and O–H groups in total. The van der Waals surface area contributed by atoms with Gasteiger partial charge in [0.15, 0.2) is 31.3 Å². The largest absolute Gasteiger partial charge is 0.432 e. The van der Waals surface area contributed by atoms with Crippen molar-refractivity contribution in [1.82, 2.24) is 0 Å². The van der Waals surface area contributed by atoms with Crippen molar-refractivity contribution in [3.8, 4) is 0 Å². The Bertz CT molecular complexity index is 2350. The maximum atomic E-state index is 15.6. The molecule has 0 amide bonds. The fourth-order valence-electron chi connectivity index (χ4n) is 17.5. The van der Waals surface area contributed by atoms with Crippen LogP contribution in [0.5, 0.6) is 0 Å². The van der Waals surface area contributed by atoms with Gasteiger partial charge in [-0.1, -0.05) is 60.1 Å². The molecule has 9 fully saturated rings. The first-order valence-corrected chi connectivity index (χ1v) is 30.5. The predicted molar refractivity (Wildman–Crippen MR) is 287 cm³/mol. The molecule has 5 saturated heterocycles. The molecule has 5 heterocycles. The molecule has 0 unspecified atom stereocenters. The van der Waals surface area contributed by atoms with Crippen molar-refractivity contribution < 1.29 is 124 Å². The number of carbonyl (C=O) groups excluding carboxylic acids is 1. The van der Waals surface area contributed by atoms with Gasteiger partial charge in [0.25, 0.3) is 0 Å². The second-order valence-electron chi connectivity index (χ2n) is 28.6. The summed E-state index contributed by atoms with van der Waals surface area (Å²) in [4.78, 5) is 15.6. The summed E-state index contributed by atoms with van der Waals surface area (Å²) in [5.41, 5.74) is -1.51. The van der Waals surface area contributed by atoms with E-state index < -0.39 is 189 Å². The summed E-state index contributed by atoms with van der Waals surface area (Å²) < 4.78 is 60.6. The fourth-order valence-corrected chi connectivity index (χ4v) is 17.5. The number of rotatable bonds is 12. The zero-order valence-electron chi connectivity index (χ0n) is 49.7. The van der Waals surface area contributed by atoms with Crippen LogP contribution >= 0.6 is 0 Å². The molecule has 5 aliphatic heterocycles. The smallest absolute Gasteiger partial charge is 0.315 e. The number of esters is 1. The molecule has 0 aromatic rings. The van der Waals surface area contributed by atoms with Crippen molar-refractivity contribution in [2.24, 2.45) is 50.2 Å². The van der Waals surface area contributed by atoms with Crippen LogP contribution in [0.2, 0.25) is 0 Å². The van der Waals surface area contributed by atoms with Crippen molar-refractivity contribution in [2.75, 3.05) is 19.8 Å². The summed E-state index contributed by atoms with van der Waals surface area (Å²) in [5.74, 6) is -0.650. The molecule has 4 saturated carbocycles. The van der Waals surface area contributed by atoms with E-state index in [9.17, 15) is 71.5 Å². The molecule has 25 heteroatoms. The summed E-state index contributed by atoms with van der Waals surface area (Å²) in [7, 11) is 0. The van der Waals surface area contributed by atoms with E-state index in [-0.39, 0.29) is 40.6 Å². The molecule has 10 rings (SSSR count). The second kappa shape index (κ2) is 23.8. The molecule has 5 aliphatic carbocycles. The van der Waals surface area contributed by atoms with E-state index in [4.69, 9.17) is 47.4 Å². The van der Waals surface area contributed by atoms with Gasteiger partial charge >= 0.3 is 5.97 Å². The maximum absolute atomic E-state index is 15.6. The number of hydrogen-bond donors (Lipinski definition) is 14. The number of aliphatic hydroxyl groups is 14. The molecule has 32 atom stereocenters. The Morgan fingerprint density at radius 1 is 0.560 bits per heavy atom. The van der Waals surface area contributed by atoms with Gasteiger partial charge in [0, 0.05) is 0 Å². The third-order valence-electron chi connectivity index (χ3n) is 23.1. The molecular formula is C59H96O25. The predicted octanol–water partition coefficient (Wildman–Crippen LogP) is -1.52. The molecule has 0 spiro atoms. The van der Waals surface area contributed by atoms with E-state index in [0.717, 1.165) is 25.7 Å². The lowest BCUT2D eigenvalue weighted by molar-refractivity contribution is -0.376. The zero-order chi connectivity index (χ0) is 61.3. The minimum Gasteiger partial charge on any atom is -0.432 e. The highest BCUT2D eigenvalue weighted by molar-refractivity contribution is 5.79. The van der Waals surface area contributed by atoms with Crippen molar-refractivity contribution in [3.63, 3.8) is 0 Å². The van der Waals surface area contributed by atoms with Crippen LogP contribution in [-0.4, -0.2) is 251 Å². The van der Waals surface area contributed by atoms with Crippen molar-refractivity contribution in [2.45, 2.75) is 280 Å². The van der Waals surface area contributed by atoms with Gasteiger partial charge in [-0.2, -0.15) is 0 Å². The van der Waals surface area contributed by atoms with Crippen LogP contribution in [-0.2, 0) is 52.2 Å². The SMILES string of the molecule is C[C@@H]1O[C@@H](O[C@H]2[C@H](OC(=O)[C@]34CCC(C)(C)C[C@H]3C3=CC[C@@H]5[C@@]6(C)CC[C@H](O[C@@H]7O[C@H](CO)[C@@H](O)[C@H](O)[C@H]7O[C@@H]7O[C@@H](C)[C@H](O)[C@@H](O)[C@H]7O)C(C)(C)[C@@H]6CC[C@@]5(C)[C@]3(C)CC4)O[C@H](CO[C@@H]3OC[C@@H](O)[C@H](O)[C@H]3O)[C@@H](O)[C@@H]2O)[C@H](O)[C@H](O)[C@H]1O. The number of ether oxygens (including phenoxy) is 10. The third-order valence-corrected chi connectivity index (χ3v) is 23.1. The van der Waals surface area contributed by atoms with Crippen molar-refractivity contribution >= 4 is 5.97 Å². The van der Waals surface area contributed by atoms with Crippen LogP contribution in [0.15, 0.2) is 11.6 Å².